The summed E-state index contributed by atoms with van der Waals surface area (Å²) in [6.45, 7) is 19.3. The molecule has 0 aromatic rings. The van der Waals surface area contributed by atoms with Crippen molar-refractivity contribution in [2.24, 2.45) is 50.2 Å². The molecular weight excluding hydrogens is 638 g/mol. The number of carboxylic acids is 1. The first-order chi connectivity index (χ1) is 23.2. The molecule has 6 unspecified atom stereocenters. The summed E-state index contributed by atoms with van der Waals surface area (Å²) in [5.74, 6) is 0.819. The number of ether oxygens (including phenoxy) is 4. The highest BCUT2D eigenvalue weighted by Crippen LogP contribution is 2.89. The van der Waals surface area contributed by atoms with Crippen LogP contribution in [-0.4, -0.2) is 101 Å². The number of hydrogen-bond donors (Lipinski definition) is 3. The minimum absolute atomic E-state index is 0.00746. The van der Waals surface area contributed by atoms with Crippen LogP contribution in [0, 0.1) is 50.2 Å². The number of nitrogens with zero attached hydrogens (tertiary/aromatic N) is 1. The van der Waals surface area contributed by atoms with E-state index in [1.807, 2.05) is 25.7 Å². The number of morpholine rings is 1. The van der Waals surface area contributed by atoms with Crippen LogP contribution in [0.1, 0.15) is 120 Å². The Morgan fingerprint density at radius 1 is 0.940 bits per heavy atom. The zero-order valence-electron chi connectivity index (χ0n) is 32.0. The molecule has 3 aliphatic heterocycles. The van der Waals surface area contributed by atoms with Crippen LogP contribution in [0.25, 0.3) is 0 Å². The van der Waals surface area contributed by atoms with E-state index >= 15 is 0 Å². The zero-order chi connectivity index (χ0) is 36.3. The number of carbonyl (C=O) groups is 2. The van der Waals surface area contributed by atoms with Gasteiger partial charge in [0.05, 0.1) is 61.8 Å². The molecule has 284 valence electrons. The van der Waals surface area contributed by atoms with Crippen molar-refractivity contribution in [3.63, 3.8) is 0 Å². The monoisotopic (exact) mass is 703 g/mol. The van der Waals surface area contributed by atoms with Gasteiger partial charge in [0, 0.05) is 25.3 Å². The largest absolute Gasteiger partial charge is 0.481 e. The van der Waals surface area contributed by atoms with Crippen LogP contribution in [0.4, 0.5) is 0 Å². The van der Waals surface area contributed by atoms with E-state index < -0.39 is 23.1 Å². The minimum Gasteiger partial charge on any atom is -0.481 e. The molecule has 8 aliphatic rings. The second-order valence-corrected chi connectivity index (χ2v) is 19.8. The number of carbonyl (C=O) groups excluding carboxylic acids is 1. The van der Waals surface area contributed by atoms with Crippen LogP contribution in [-0.2, 0) is 28.5 Å². The number of carboxylic acid groups (broad SMARTS) is 1. The van der Waals surface area contributed by atoms with Crippen molar-refractivity contribution in [3.05, 3.63) is 0 Å². The first-order valence-electron chi connectivity index (χ1n) is 19.6. The molecule has 12 atom stereocenters. The normalized spacial score (nSPS) is 48.2. The second kappa shape index (κ2) is 12.1. The van der Waals surface area contributed by atoms with Gasteiger partial charge in [0.15, 0.2) is 6.29 Å². The van der Waals surface area contributed by atoms with Gasteiger partial charge in [-0.15, -0.1) is 0 Å². The topological polar surface area (TPSA) is 135 Å². The van der Waals surface area contributed by atoms with Gasteiger partial charge in [0.1, 0.15) is 0 Å². The molecule has 0 aromatic carbocycles. The van der Waals surface area contributed by atoms with Gasteiger partial charge in [0.2, 0.25) is 5.91 Å². The van der Waals surface area contributed by atoms with Gasteiger partial charge < -0.3 is 39.2 Å². The van der Waals surface area contributed by atoms with Crippen LogP contribution >= 0.6 is 0 Å². The summed E-state index contributed by atoms with van der Waals surface area (Å²) in [5.41, 5.74) is -0.614. The lowest BCUT2D eigenvalue weighted by atomic mass is 9.41. The highest BCUT2D eigenvalue weighted by atomic mass is 16.7. The maximum Gasteiger partial charge on any atom is 0.300 e. The van der Waals surface area contributed by atoms with Crippen molar-refractivity contribution in [2.45, 2.75) is 156 Å². The molecule has 0 aromatic heterocycles. The third-order valence-electron chi connectivity index (χ3n) is 16.2. The van der Waals surface area contributed by atoms with E-state index in [1.165, 1.54) is 38.5 Å². The summed E-state index contributed by atoms with van der Waals surface area (Å²) in [7, 11) is 0. The van der Waals surface area contributed by atoms with Crippen molar-refractivity contribution in [2.75, 3.05) is 32.9 Å². The fourth-order valence-corrected chi connectivity index (χ4v) is 13.8. The van der Waals surface area contributed by atoms with E-state index in [2.05, 4.69) is 27.7 Å². The molecule has 10 nitrogen and oxygen atoms in total. The molecule has 10 heteroatoms. The van der Waals surface area contributed by atoms with Crippen molar-refractivity contribution in [1.29, 1.82) is 0 Å². The molecule has 3 N–H and O–H groups in total. The quantitative estimate of drug-likeness (QED) is 0.344. The van der Waals surface area contributed by atoms with E-state index in [1.54, 1.807) is 0 Å². The van der Waals surface area contributed by atoms with Crippen LogP contribution in [0.3, 0.4) is 0 Å². The van der Waals surface area contributed by atoms with Gasteiger partial charge >= 0.3 is 0 Å². The number of rotatable bonds is 5. The minimum atomic E-state index is -0.833. The molecule has 1 amide bonds. The molecule has 5 aliphatic carbocycles. The molecule has 0 radical (unpaired) electrons. The third kappa shape index (κ3) is 5.38. The summed E-state index contributed by atoms with van der Waals surface area (Å²) >= 11 is 0. The smallest absolute Gasteiger partial charge is 0.300 e. The average Bonchev–Trinajstić information content (AvgIpc) is 3.65. The summed E-state index contributed by atoms with van der Waals surface area (Å²) in [4.78, 5) is 24.2. The van der Waals surface area contributed by atoms with E-state index in [0.717, 1.165) is 26.2 Å². The molecule has 8 rings (SSSR count). The predicted octanol–water partition coefficient (Wildman–Crippen LogP) is 5.41. The highest BCUT2D eigenvalue weighted by Gasteiger charge is 2.84. The van der Waals surface area contributed by atoms with Gasteiger partial charge in [-0.3, -0.25) is 9.59 Å². The molecule has 3 saturated heterocycles. The fourth-order valence-electron chi connectivity index (χ4n) is 13.8. The molecule has 50 heavy (non-hydrogen) atoms. The Balaban J connectivity index is 0.000000932. The van der Waals surface area contributed by atoms with Crippen LogP contribution in [0.2, 0.25) is 0 Å². The lowest BCUT2D eigenvalue weighted by Crippen LogP contribution is -2.60. The van der Waals surface area contributed by atoms with Crippen molar-refractivity contribution in [1.82, 2.24) is 4.90 Å². The molecule has 5 saturated carbocycles. The molecular formula is C40H65NO9. The summed E-state index contributed by atoms with van der Waals surface area (Å²) in [5, 5.41) is 30.3. The van der Waals surface area contributed by atoms with E-state index in [4.69, 9.17) is 28.8 Å². The SMILES string of the molecule is CC(=O)O.CC(C)(O)CC1CC[C@H]2C(O1)[C@H](O)[C@@]1(C)C3CC[C@H]4C(C)(C)[C@@H](OC5CN(C(=O)C6(C)COC6)CCO5)CCC45CC35CC[C@]21C. The number of aliphatic hydroxyl groups excluding tert-OH is 1. The van der Waals surface area contributed by atoms with E-state index in [0.29, 0.717) is 67.9 Å². The maximum absolute atomic E-state index is 13.2. The van der Waals surface area contributed by atoms with Crippen molar-refractivity contribution in [3.8, 4) is 0 Å². The highest BCUT2D eigenvalue weighted by molar-refractivity contribution is 5.83. The molecule has 8 fully saturated rings. The molecule has 0 bridgehead atoms. The van der Waals surface area contributed by atoms with Crippen molar-refractivity contribution < 1.29 is 43.9 Å². The number of amides is 1. The number of hydrogen-bond acceptors (Lipinski definition) is 8. The number of aliphatic carboxylic acids is 1. The van der Waals surface area contributed by atoms with Crippen LogP contribution in [0.15, 0.2) is 0 Å². The van der Waals surface area contributed by atoms with Crippen LogP contribution in [0.5, 0.6) is 0 Å². The molecule has 2 spiro atoms. The lowest BCUT2D eigenvalue weighted by Gasteiger charge is -2.63. The van der Waals surface area contributed by atoms with E-state index in [-0.39, 0.29) is 46.8 Å². The summed E-state index contributed by atoms with van der Waals surface area (Å²) in [6.07, 6.45) is 10.2. The van der Waals surface area contributed by atoms with Gasteiger partial charge in [0.25, 0.3) is 5.97 Å². The van der Waals surface area contributed by atoms with Gasteiger partial charge in [-0.25, -0.2) is 0 Å². The molecule has 3 heterocycles. The van der Waals surface area contributed by atoms with Gasteiger partial charge in [-0.05, 0) is 118 Å². The number of aliphatic hydroxyl groups is 2. The van der Waals surface area contributed by atoms with Gasteiger partial charge in [-0.2, -0.15) is 0 Å². The Morgan fingerprint density at radius 3 is 2.24 bits per heavy atom. The van der Waals surface area contributed by atoms with Crippen molar-refractivity contribution >= 4 is 11.9 Å². The summed E-state index contributed by atoms with van der Waals surface area (Å²) < 4.78 is 25.1. The summed E-state index contributed by atoms with van der Waals surface area (Å²) in [6, 6.07) is 0. The lowest BCUT2D eigenvalue weighted by molar-refractivity contribution is -0.250. The zero-order valence-corrected chi connectivity index (χ0v) is 32.0. The van der Waals surface area contributed by atoms with Gasteiger partial charge in [-0.1, -0.05) is 27.7 Å². The average molecular weight is 704 g/mol. The Bertz CT molecular complexity index is 1340. The predicted molar refractivity (Wildman–Crippen MR) is 186 cm³/mol. The van der Waals surface area contributed by atoms with E-state index in [9.17, 15) is 15.0 Å². The second-order valence-electron chi connectivity index (χ2n) is 19.8. The number of fused-ring (bicyclic) bond motifs is 4. The third-order valence-corrected chi connectivity index (χ3v) is 16.2. The maximum atomic E-state index is 13.2. The first kappa shape index (κ1) is 37.0. The Hall–Kier alpha value is -1.30. The first-order valence-corrected chi connectivity index (χ1v) is 19.6. The van der Waals surface area contributed by atoms with Crippen LogP contribution < -0.4 is 0 Å². The Labute approximate surface area is 299 Å². The Kier molecular flexibility index (Phi) is 8.97. The fraction of sp³-hybridized carbons (Fsp3) is 0.950. The standard InChI is InChI=1S/C38H61NO7.C2H4O2/c1-32(2,42)18-23-8-9-24-29(45-23)30(40)36(7)26-11-10-25-33(3,4)27(12-13-37(25)20-38(26,37)15-14-35(24,36)6)46-28-19-39(16-17-44-28)31(41)34(5)21-43-22-34;1-2(3)4/h23-30,40,42H,8-22H2,1-7H3;1H3,(H,3,4)/t23?,24-,25-,26?,27-,28?,29?,30-,35+,36+,37?,38?;/m0./s1. The Morgan fingerprint density at radius 2 is 1.60 bits per heavy atom.